The molecule has 0 aromatic carbocycles. The van der Waals surface area contributed by atoms with Crippen LogP contribution in [0.3, 0.4) is 0 Å². The average molecular weight is 252 g/mol. The van der Waals surface area contributed by atoms with E-state index in [0.29, 0.717) is 18.9 Å². The number of amides is 2. The number of rotatable bonds is 3. The van der Waals surface area contributed by atoms with Gasteiger partial charge in [0.25, 0.3) is 0 Å². The van der Waals surface area contributed by atoms with Gasteiger partial charge in [0.2, 0.25) is 11.8 Å². The lowest BCUT2D eigenvalue weighted by atomic mass is 10.3. The van der Waals surface area contributed by atoms with Gasteiger partial charge in [0, 0.05) is 33.1 Å². The van der Waals surface area contributed by atoms with Gasteiger partial charge in [-0.3, -0.25) is 9.59 Å². The Kier molecular flexibility index (Phi) is 3.88. The van der Waals surface area contributed by atoms with E-state index >= 15 is 0 Å². The number of nitrogens with one attached hydrogen (secondary N) is 2. The molecular weight excluding hydrogens is 236 g/mol. The molecular formula is C10H16N6O2. The molecule has 0 unspecified atom stereocenters. The van der Waals surface area contributed by atoms with E-state index in [1.807, 2.05) is 0 Å². The van der Waals surface area contributed by atoms with Crippen molar-refractivity contribution < 1.29 is 9.59 Å². The first-order valence-electron chi connectivity index (χ1n) is 5.81. The van der Waals surface area contributed by atoms with E-state index < -0.39 is 0 Å². The smallest absolute Gasteiger partial charge is 0.246 e. The number of piperazine rings is 1. The minimum absolute atomic E-state index is 0.0125. The van der Waals surface area contributed by atoms with Crippen LogP contribution in [0.4, 0.5) is 5.82 Å². The first kappa shape index (κ1) is 12.5. The maximum Gasteiger partial charge on any atom is 0.246 e. The van der Waals surface area contributed by atoms with Gasteiger partial charge >= 0.3 is 0 Å². The lowest BCUT2D eigenvalue weighted by Crippen LogP contribution is -2.47. The Bertz CT molecular complexity index is 437. The molecule has 2 N–H and O–H groups in total. The number of carbonyl (C=O) groups is 2. The van der Waals surface area contributed by atoms with E-state index in [9.17, 15) is 9.59 Å². The van der Waals surface area contributed by atoms with Crippen LogP contribution in [0, 0.1) is 0 Å². The van der Waals surface area contributed by atoms with E-state index in [0.717, 1.165) is 13.1 Å². The highest BCUT2D eigenvalue weighted by atomic mass is 16.2. The molecule has 0 aliphatic carbocycles. The predicted molar refractivity (Wildman–Crippen MR) is 63.8 cm³/mol. The van der Waals surface area contributed by atoms with E-state index in [4.69, 9.17) is 0 Å². The number of anilines is 1. The Morgan fingerprint density at radius 2 is 2.17 bits per heavy atom. The minimum atomic E-state index is -0.213. The molecule has 2 amide bonds. The fourth-order valence-corrected chi connectivity index (χ4v) is 1.75. The largest absolute Gasteiger partial charge is 0.338 e. The standard InChI is InChI=1S/C10H16N6O2/c1-8(17)13-9-6-12-16(14-9)7-10(18)15-4-2-11-3-5-15/h6,11H,2-5,7H2,1H3,(H,13,14,17). The van der Waals surface area contributed by atoms with Gasteiger partial charge in [-0.25, -0.2) is 0 Å². The lowest BCUT2D eigenvalue weighted by molar-refractivity contribution is -0.132. The van der Waals surface area contributed by atoms with Crippen LogP contribution >= 0.6 is 0 Å². The molecule has 8 heteroatoms. The van der Waals surface area contributed by atoms with Gasteiger partial charge in [-0.1, -0.05) is 0 Å². The minimum Gasteiger partial charge on any atom is -0.338 e. The number of aromatic nitrogens is 3. The molecule has 1 fully saturated rings. The zero-order chi connectivity index (χ0) is 13.0. The molecule has 0 spiro atoms. The van der Waals surface area contributed by atoms with Crippen LogP contribution in [0.15, 0.2) is 6.20 Å². The highest BCUT2D eigenvalue weighted by Gasteiger charge is 2.17. The summed E-state index contributed by atoms with van der Waals surface area (Å²) >= 11 is 0. The van der Waals surface area contributed by atoms with Gasteiger partial charge in [0.15, 0.2) is 5.82 Å². The van der Waals surface area contributed by atoms with Gasteiger partial charge in [-0.2, -0.15) is 9.90 Å². The predicted octanol–water partition coefficient (Wildman–Crippen LogP) is -1.33. The maximum atomic E-state index is 11.9. The third-order valence-electron chi connectivity index (χ3n) is 2.59. The summed E-state index contributed by atoms with van der Waals surface area (Å²) in [5.41, 5.74) is 0. The highest BCUT2D eigenvalue weighted by molar-refractivity contribution is 5.87. The number of carbonyl (C=O) groups excluding carboxylic acids is 2. The fraction of sp³-hybridized carbons (Fsp3) is 0.600. The average Bonchev–Trinajstić information content (AvgIpc) is 2.76. The molecule has 2 rings (SSSR count). The summed E-state index contributed by atoms with van der Waals surface area (Å²) in [6.45, 7) is 4.53. The van der Waals surface area contributed by atoms with Gasteiger partial charge in [0.05, 0.1) is 6.20 Å². The first-order chi connectivity index (χ1) is 8.65. The normalized spacial score (nSPS) is 15.5. The van der Waals surface area contributed by atoms with Gasteiger partial charge in [0.1, 0.15) is 6.54 Å². The molecule has 0 radical (unpaired) electrons. The van der Waals surface area contributed by atoms with E-state index in [2.05, 4.69) is 20.8 Å². The Balaban J connectivity index is 1.90. The second-order valence-electron chi connectivity index (χ2n) is 4.07. The van der Waals surface area contributed by atoms with Crippen molar-refractivity contribution in [2.24, 2.45) is 0 Å². The molecule has 1 saturated heterocycles. The second-order valence-corrected chi connectivity index (χ2v) is 4.07. The van der Waals surface area contributed by atoms with Crippen molar-refractivity contribution in [1.82, 2.24) is 25.2 Å². The summed E-state index contributed by atoms with van der Waals surface area (Å²) in [5, 5.41) is 13.6. The summed E-state index contributed by atoms with van der Waals surface area (Å²) in [6.07, 6.45) is 1.42. The molecule has 1 aliphatic rings. The van der Waals surface area contributed by atoms with E-state index in [1.165, 1.54) is 17.9 Å². The zero-order valence-corrected chi connectivity index (χ0v) is 10.2. The van der Waals surface area contributed by atoms with Crippen molar-refractivity contribution in [2.45, 2.75) is 13.5 Å². The summed E-state index contributed by atoms with van der Waals surface area (Å²) in [5.74, 6) is 0.132. The molecule has 0 atom stereocenters. The third kappa shape index (κ3) is 3.27. The van der Waals surface area contributed by atoms with Crippen LogP contribution in [-0.4, -0.2) is 57.9 Å². The topological polar surface area (TPSA) is 92.2 Å². The Hall–Kier alpha value is -1.96. The number of hydrogen-bond donors (Lipinski definition) is 2. The molecule has 8 nitrogen and oxygen atoms in total. The first-order valence-corrected chi connectivity index (χ1v) is 5.81. The van der Waals surface area contributed by atoms with Crippen LogP contribution in [0.25, 0.3) is 0 Å². The van der Waals surface area contributed by atoms with Crippen LogP contribution in [0.5, 0.6) is 0 Å². The Morgan fingerprint density at radius 1 is 1.44 bits per heavy atom. The lowest BCUT2D eigenvalue weighted by Gasteiger charge is -2.27. The fourth-order valence-electron chi connectivity index (χ4n) is 1.75. The van der Waals surface area contributed by atoms with Crippen molar-refractivity contribution in [2.75, 3.05) is 31.5 Å². The molecule has 1 aromatic rings. The van der Waals surface area contributed by atoms with Crippen molar-refractivity contribution in [3.05, 3.63) is 6.20 Å². The quantitative estimate of drug-likeness (QED) is 0.695. The summed E-state index contributed by atoms with van der Waals surface area (Å²) in [7, 11) is 0. The van der Waals surface area contributed by atoms with Crippen LogP contribution in [-0.2, 0) is 16.1 Å². The molecule has 0 bridgehead atoms. The molecule has 1 aliphatic heterocycles. The van der Waals surface area contributed by atoms with E-state index in [-0.39, 0.29) is 18.4 Å². The van der Waals surface area contributed by atoms with Crippen LogP contribution < -0.4 is 10.6 Å². The van der Waals surface area contributed by atoms with Crippen molar-refractivity contribution >= 4 is 17.6 Å². The Labute approximate surface area is 104 Å². The van der Waals surface area contributed by atoms with Gasteiger partial charge in [-0.15, -0.1) is 5.10 Å². The summed E-state index contributed by atoms with van der Waals surface area (Å²) in [6, 6.07) is 0. The van der Waals surface area contributed by atoms with Gasteiger partial charge < -0.3 is 15.5 Å². The van der Waals surface area contributed by atoms with E-state index in [1.54, 1.807) is 4.90 Å². The molecule has 98 valence electrons. The maximum absolute atomic E-state index is 11.9. The second kappa shape index (κ2) is 5.58. The Morgan fingerprint density at radius 3 is 2.83 bits per heavy atom. The summed E-state index contributed by atoms with van der Waals surface area (Å²) < 4.78 is 0. The van der Waals surface area contributed by atoms with Crippen molar-refractivity contribution in [3.8, 4) is 0 Å². The third-order valence-corrected chi connectivity index (χ3v) is 2.59. The highest BCUT2D eigenvalue weighted by Crippen LogP contribution is 2.00. The summed E-state index contributed by atoms with van der Waals surface area (Å²) in [4.78, 5) is 25.8. The molecule has 18 heavy (non-hydrogen) atoms. The number of nitrogens with zero attached hydrogens (tertiary/aromatic N) is 4. The molecule has 0 saturated carbocycles. The number of hydrogen-bond acceptors (Lipinski definition) is 5. The van der Waals surface area contributed by atoms with Crippen LogP contribution in [0.1, 0.15) is 6.92 Å². The van der Waals surface area contributed by atoms with Crippen molar-refractivity contribution in [3.63, 3.8) is 0 Å². The van der Waals surface area contributed by atoms with Crippen LogP contribution in [0.2, 0.25) is 0 Å². The van der Waals surface area contributed by atoms with Crippen molar-refractivity contribution in [1.29, 1.82) is 0 Å². The zero-order valence-electron chi connectivity index (χ0n) is 10.2. The monoisotopic (exact) mass is 252 g/mol. The van der Waals surface area contributed by atoms with Gasteiger partial charge in [-0.05, 0) is 0 Å². The SMILES string of the molecule is CC(=O)Nc1cnn(CC(=O)N2CCNCC2)n1. The molecule has 1 aromatic heterocycles. The molecule has 2 heterocycles.